The van der Waals surface area contributed by atoms with Crippen molar-refractivity contribution < 1.29 is 14.3 Å². The van der Waals surface area contributed by atoms with E-state index in [1.165, 1.54) is 16.2 Å². The first-order valence-electron chi connectivity index (χ1n) is 7.45. The van der Waals surface area contributed by atoms with Crippen LogP contribution in [-0.2, 0) is 0 Å². The fraction of sp³-hybridized carbons (Fsp3) is 0.167. The van der Waals surface area contributed by atoms with Crippen LogP contribution in [0, 0.1) is 13.8 Å². The molecule has 3 aromatic rings. The summed E-state index contributed by atoms with van der Waals surface area (Å²) in [6, 6.07) is 9.22. The number of thiazole rings is 1. The molecule has 1 aromatic heterocycles. The SMILES string of the molecule is COc1ccc2nc(N3C(=O)c4c(C)ccc(C)c4C3=O)sc2c1. The average Bonchev–Trinajstić information content (AvgIpc) is 3.09. The maximum atomic E-state index is 12.8. The molecule has 0 radical (unpaired) electrons. The Bertz CT molecular complexity index is 982. The molecule has 4 rings (SSSR count). The summed E-state index contributed by atoms with van der Waals surface area (Å²) < 4.78 is 6.08. The van der Waals surface area contributed by atoms with Crippen LogP contribution in [0.4, 0.5) is 5.13 Å². The summed E-state index contributed by atoms with van der Waals surface area (Å²) in [6.45, 7) is 3.69. The Hall–Kier alpha value is -2.73. The molecule has 0 saturated heterocycles. The number of methoxy groups -OCH3 is 1. The van der Waals surface area contributed by atoms with E-state index in [1.807, 2.05) is 44.2 Å². The molecule has 0 aliphatic carbocycles. The summed E-state index contributed by atoms with van der Waals surface area (Å²) in [5.74, 6) is 0.108. The molecular weight excluding hydrogens is 324 g/mol. The fourth-order valence-electron chi connectivity index (χ4n) is 2.97. The normalized spacial score (nSPS) is 13.7. The van der Waals surface area contributed by atoms with Crippen LogP contribution in [0.15, 0.2) is 30.3 Å². The number of fused-ring (bicyclic) bond motifs is 2. The van der Waals surface area contributed by atoms with E-state index in [1.54, 1.807) is 7.11 Å². The van der Waals surface area contributed by atoms with Crippen molar-refractivity contribution in [3.8, 4) is 5.75 Å². The molecule has 0 N–H and O–H groups in total. The van der Waals surface area contributed by atoms with Crippen molar-refractivity contribution in [3.63, 3.8) is 0 Å². The van der Waals surface area contributed by atoms with Gasteiger partial charge in [0.25, 0.3) is 11.8 Å². The van der Waals surface area contributed by atoms with Crippen LogP contribution in [0.5, 0.6) is 5.75 Å². The minimum absolute atomic E-state index is 0.303. The number of carbonyl (C=O) groups excluding carboxylic acids is 2. The number of aryl methyl sites for hydroxylation is 2. The number of aromatic nitrogens is 1. The first-order valence-corrected chi connectivity index (χ1v) is 8.26. The quantitative estimate of drug-likeness (QED) is 0.668. The van der Waals surface area contributed by atoms with E-state index >= 15 is 0 Å². The number of ether oxygens (including phenoxy) is 1. The molecule has 1 aliphatic heterocycles. The zero-order valence-corrected chi connectivity index (χ0v) is 14.2. The van der Waals surface area contributed by atoms with Gasteiger partial charge in [0, 0.05) is 0 Å². The minimum atomic E-state index is -0.303. The summed E-state index contributed by atoms with van der Waals surface area (Å²) in [5.41, 5.74) is 3.31. The van der Waals surface area contributed by atoms with Crippen LogP contribution >= 0.6 is 11.3 Å². The van der Waals surface area contributed by atoms with Crippen molar-refractivity contribution in [3.05, 3.63) is 52.6 Å². The molecule has 120 valence electrons. The molecule has 24 heavy (non-hydrogen) atoms. The van der Waals surface area contributed by atoms with Gasteiger partial charge in [-0.1, -0.05) is 23.5 Å². The zero-order valence-electron chi connectivity index (χ0n) is 13.4. The van der Waals surface area contributed by atoms with Crippen LogP contribution in [0.1, 0.15) is 31.8 Å². The standard InChI is InChI=1S/C18H14N2O3S/c1-9-4-5-10(2)15-14(9)16(21)20(17(15)22)18-19-12-7-6-11(23-3)8-13(12)24-18/h4-8H,1-3H3. The summed E-state index contributed by atoms with van der Waals surface area (Å²) >= 11 is 1.31. The smallest absolute Gasteiger partial charge is 0.268 e. The van der Waals surface area contributed by atoms with Crippen molar-refractivity contribution in [2.24, 2.45) is 0 Å². The van der Waals surface area contributed by atoms with Crippen LogP contribution < -0.4 is 9.64 Å². The molecule has 0 unspecified atom stereocenters. The summed E-state index contributed by atoms with van der Waals surface area (Å²) in [5, 5.41) is 0.392. The highest BCUT2D eigenvalue weighted by molar-refractivity contribution is 7.22. The number of imide groups is 1. The molecule has 0 bridgehead atoms. The second-order valence-electron chi connectivity index (χ2n) is 5.73. The summed E-state index contributed by atoms with van der Waals surface area (Å²) in [7, 11) is 1.60. The van der Waals surface area contributed by atoms with E-state index < -0.39 is 0 Å². The number of hydrogen-bond donors (Lipinski definition) is 0. The van der Waals surface area contributed by atoms with Crippen molar-refractivity contribution in [2.75, 3.05) is 12.0 Å². The lowest BCUT2D eigenvalue weighted by Crippen LogP contribution is -2.29. The fourth-order valence-corrected chi connectivity index (χ4v) is 3.96. The van der Waals surface area contributed by atoms with Crippen LogP contribution in [0.2, 0.25) is 0 Å². The van der Waals surface area contributed by atoms with Gasteiger partial charge in [0.05, 0.1) is 28.5 Å². The Balaban J connectivity index is 1.86. The molecule has 2 amide bonds. The lowest BCUT2D eigenvalue weighted by atomic mass is 9.99. The highest BCUT2D eigenvalue weighted by Crippen LogP contribution is 2.37. The third-order valence-electron chi connectivity index (χ3n) is 4.23. The Morgan fingerprint density at radius 3 is 2.21 bits per heavy atom. The van der Waals surface area contributed by atoms with Crippen molar-refractivity contribution in [1.29, 1.82) is 0 Å². The molecule has 2 aromatic carbocycles. The van der Waals surface area contributed by atoms with Gasteiger partial charge in [-0.2, -0.15) is 0 Å². The van der Waals surface area contributed by atoms with Gasteiger partial charge in [0.1, 0.15) is 5.75 Å². The van der Waals surface area contributed by atoms with E-state index in [4.69, 9.17) is 4.74 Å². The molecule has 0 atom stereocenters. The van der Waals surface area contributed by atoms with Gasteiger partial charge in [0.2, 0.25) is 5.13 Å². The van der Waals surface area contributed by atoms with E-state index in [2.05, 4.69) is 4.98 Å². The second-order valence-corrected chi connectivity index (χ2v) is 6.73. The van der Waals surface area contributed by atoms with Gasteiger partial charge in [0.15, 0.2) is 0 Å². The average molecular weight is 338 g/mol. The van der Waals surface area contributed by atoms with Gasteiger partial charge < -0.3 is 4.74 Å². The second kappa shape index (κ2) is 5.14. The number of carbonyl (C=O) groups is 2. The van der Waals surface area contributed by atoms with Crippen molar-refractivity contribution in [2.45, 2.75) is 13.8 Å². The predicted octanol–water partition coefficient (Wildman–Crippen LogP) is 3.72. The summed E-state index contributed by atoms with van der Waals surface area (Å²) in [4.78, 5) is 31.3. The maximum absolute atomic E-state index is 12.8. The van der Waals surface area contributed by atoms with E-state index in [0.717, 1.165) is 21.3 Å². The van der Waals surface area contributed by atoms with E-state index in [0.29, 0.717) is 22.0 Å². The molecule has 0 spiro atoms. The molecule has 0 saturated carbocycles. The Morgan fingerprint density at radius 2 is 1.62 bits per heavy atom. The summed E-state index contributed by atoms with van der Waals surface area (Å²) in [6.07, 6.45) is 0. The zero-order chi connectivity index (χ0) is 17.0. The molecule has 1 aliphatic rings. The number of rotatable bonds is 2. The van der Waals surface area contributed by atoms with Crippen LogP contribution in [0.25, 0.3) is 10.2 Å². The van der Waals surface area contributed by atoms with Gasteiger partial charge in [-0.05, 0) is 43.2 Å². The number of amides is 2. The van der Waals surface area contributed by atoms with Gasteiger partial charge >= 0.3 is 0 Å². The van der Waals surface area contributed by atoms with E-state index in [-0.39, 0.29) is 11.8 Å². The maximum Gasteiger partial charge on any atom is 0.268 e. The molecular formula is C18H14N2O3S. The largest absolute Gasteiger partial charge is 0.497 e. The van der Waals surface area contributed by atoms with Crippen LogP contribution in [-0.4, -0.2) is 23.9 Å². The van der Waals surface area contributed by atoms with Gasteiger partial charge in [-0.25, -0.2) is 9.88 Å². The number of anilines is 1. The Morgan fingerprint density at radius 1 is 1.00 bits per heavy atom. The van der Waals surface area contributed by atoms with E-state index in [9.17, 15) is 9.59 Å². The molecule has 5 nitrogen and oxygen atoms in total. The number of benzene rings is 2. The highest BCUT2D eigenvalue weighted by atomic mass is 32.1. The van der Waals surface area contributed by atoms with Crippen LogP contribution in [0.3, 0.4) is 0 Å². The Labute approximate surface area is 142 Å². The lowest BCUT2D eigenvalue weighted by molar-refractivity contribution is 0.0926. The monoisotopic (exact) mass is 338 g/mol. The molecule has 6 heteroatoms. The first kappa shape index (κ1) is 14.8. The molecule has 2 heterocycles. The van der Waals surface area contributed by atoms with Gasteiger partial charge in [-0.3, -0.25) is 9.59 Å². The third-order valence-corrected chi connectivity index (χ3v) is 5.23. The third kappa shape index (κ3) is 1.96. The van der Waals surface area contributed by atoms with Gasteiger partial charge in [-0.15, -0.1) is 0 Å². The highest BCUT2D eigenvalue weighted by Gasteiger charge is 2.40. The first-order chi connectivity index (χ1) is 11.5. The lowest BCUT2D eigenvalue weighted by Gasteiger charge is -2.08. The minimum Gasteiger partial charge on any atom is -0.497 e. The van der Waals surface area contributed by atoms with Crippen molar-refractivity contribution >= 4 is 38.5 Å². The van der Waals surface area contributed by atoms with Crippen molar-refractivity contribution in [1.82, 2.24) is 4.98 Å². The molecule has 0 fully saturated rings. The Kier molecular flexibility index (Phi) is 3.18. The number of hydrogen-bond acceptors (Lipinski definition) is 5. The topological polar surface area (TPSA) is 59.5 Å². The predicted molar refractivity (Wildman–Crippen MR) is 93.2 cm³/mol. The number of nitrogens with zero attached hydrogens (tertiary/aromatic N) is 2.